The second kappa shape index (κ2) is 5.58. The molecule has 0 fully saturated rings. The number of rotatable bonds is 5. The van der Waals surface area contributed by atoms with E-state index in [0.717, 1.165) is 12.1 Å². The van der Waals surface area contributed by atoms with Gasteiger partial charge in [0, 0.05) is 19.7 Å². The minimum atomic E-state index is -1.10. The average Bonchev–Trinajstić information content (AvgIpc) is 2.25. The van der Waals surface area contributed by atoms with Crippen LogP contribution >= 0.6 is 0 Å². The molecule has 17 heavy (non-hydrogen) atoms. The van der Waals surface area contributed by atoms with Gasteiger partial charge in [-0.1, -0.05) is 0 Å². The molecule has 1 atom stereocenters. The van der Waals surface area contributed by atoms with Gasteiger partial charge in [-0.25, -0.2) is 8.78 Å². The Hall–Kier alpha value is -1.69. The van der Waals surface area contributed by atoms with E-state index < -0.39 is 23.6 Å². The summed E-state index contributed by atoms with van der Waals surface area (Å²) in [5.41, 5.74) is 5.54. The third kappa shape index (κ3) is 3.67. The molecule has 3 N–H and O–H groups in total. The highest BCUT2D eigenvalue weighted by Gasteiger charge is 2.14. The number of carboxylic acids is 1. The van der Waals surface area contributed by atoms with Crippen LogP contribution in [0.4, 0.5) is 14.5 Å². The van der Waals surface area contributed by atoms with Crippen LogP contribution in [0.1, 0.15) is 6.42 Å². The van der Waals surface area contributed by atoms with Crippen LogP contribution in [0.25, 0.3) is 0 Å². The van der Waals surface area contributed by atoms with Gasteiger partial charge in [0.15, 0.2) is 0 Å². The maximum atomic E-state index is 13.4. The smallest absolute Gasteiger partial charge is 0.320 e. The molecular weight excluding hydrogens is 230 g/mol. The number of carbonyl (C=O) groups is 1. The minimum Gasteiger partial charge on any atom is -0.480 e. The van der Waals surface area contributed by atoms with Crippen molar-refractivity contribution < 1.29 is 18.7 Å². The molecule has 94 valence electrons. The van der Waals surface area contributed by atoms with Crippen LogP contribution in [0.5, 0.6) is 0 Å². The number of hydrogen-bond donors (Lipinski definition) is 2. The number of halogens is 2. The van der Waals surface area contributed by atoms with Crippen molar-refractivity contribution in [3.8, 4) is 0 Å². The lowest BCUT2D eigenvalue weighted by Crippen LogP contribution is -2.34. The Morgan fingerprint density at radius 1 is 1.53 bits per heavy atom. The molecule has 4 nitrogen and oxygen atoms in total. The van der Waals surface area contributed by atoms with Crippen LogP contribution in [-0.2, 0) is 4.79 Å². The zero-order valence-electron chi connectivity index (χ0n) is 9.36. The molecule has 0 aliphatic heterocycles. The second-order valence-corrected chi connectivity index (χ2v) is 3.75. The Balaban J connectivity index is 2.64. The molecule has 0 aliphatic rings. The fourth-order valence-corrected chi connectivity index (χ4v) is 1.37. The van der Waals surface area contributed by atoms with Crippen LogP contribution in [0.3, 0.4) is 0 Å². The Bertz CT molecular complexity index is 412. The van der Waals surface area contributed by atoms with Crippen LogP contribution in [0.2, 0.25) is 0 Å². The Morgan fingerprint density at radius 3 is 2.71 bits per heavy atom. The summed E-state index contributed by atoms with van der Waals surface area (Å²) in [4.78, 5) is 12.0. The van der Waals surface area contributed by atoms with Gasteiger partial charge in [-0.05, 0) is 18.6 Å². The number of nitrogens with two attached hydrogens (primary N) is 1. The maximum absolute atomic E-state index is 13.4. The van der Waals surface area contributed by atoms with Crippen molar-refractivity contribution in [1.82, 2.24) is 0 Å². The highest BCUT2D eigenvalue weighted by atomic mass is 19.1. The number of nitrogens with zero attached hydrogens (tertiary/aromatic N) is 1. The van der Waals surface area contributed by atoms with Gasteiger partial charge in [0.2, 0.25) is 0 Å². The lowest BCUT2D eigenvalue weighted by atomic mass is 10.2. The predicted octanol–water partition coefficient (Wildman–Crippen LogP) is 1.20. The molecule has 0 heterocycles. The summed E-state index contributed by atoms with van der Waals surface area (Å²) in [7, 11) is 1.59. The Kier molecular flexibility index (Phi) is 4.39. The Morgan fingerprint density at radius 2 is 2.18 bits per heavy atom. The first-order valence-electron chi connectivity index (χ1n) is 5.06. The van der Waals surface area contributed by atoms with Gasteiger partial charge >= 0.3 is 5.97 Å². The fourth-order valence-electron chi connectivity index (χ4n) is 1.37. The number of benzene rings is 1. The van der Waals surface area contributed by atoms with E-state index >= 15 is 0 Å². The monoisotopic (exact) mass is 244 g/mol. The quantitative estimate of drug-likeness (QED) is 0.816. The first-order chi connectivity index (χ1) is 7.91. The number of hydrogen-bond acceptors (Lipinski definition) is 3. The molecule has 0 amide bonds. The first-order valence-corrected chi connectivity index (χ1v) is 5.06. The highest BCUT2D eigenvalue weighted by molar-refractivity contribution is 5.73. The van der Waals surface area contributed by atoms with E-state index in [1.165, 1.54) is 11.0 Å². The van der Waals surface area contributed by atoms with E-state index in [4.69, 9.17) is 10.8 Å². The van der Waals surface area contributed by atoms with Crippen molar-refractivity contribution in [2.45, 2.75) is 12.5 Å². The summed E-state index contributed by atoms with van der Waals surface area (Å²) in [5, 5.41) is 8.59. The second-order valence-electron chi connectivity index (χ2n) is 3.75. The predicted molar refractivity (Wildman–Crippen MR) is 59.9 cm³/mol. The zero-order chi connectivity index (χ0) is 13.0. The molecule has 0 aromatic heterocycles. The normalized spacial score (nSPS) is 12.2. The van der Waals surface area contributed by atoms with E-state index in [2.05, 4.69) is 0 Å². The molecule has 0 radical (unpaired) electrons. The number of aliphatic carboxylic acids is 1. The van der Waals surface area contributed by atoms with Crippen molar-refractivity contribution in [3.05, 3.63) is 29.8 Å². The third-order valence-corrected chi connectivity index (χ3v) is 2.41. The summed E-state index contributed by atoms with van der Waals surface area (Å²) in [6.07, 6.45) is 0.183. The molecule has 0 saturated heterocycles. The molecule has 6 heteroatoms. The lowest BCUT2D eigenvalue weighted by molar-refractivity contribution is -0.138. The van der Waals surface area contributed by atoms with Gasteiger partial charge in [0.05, 0.1) is 5.69 Å². The maximum Gasteiger partial charge on any atom is 0.320 e. The standard InChI is InChI=1S/C11H14F2N2O2/c1-15(5-4-9(14)11(16)17)10-3-2-7(12)6-8(10)13/h2-3,6,9H,4-5,14H2,1H3,(H,16,17). The topological polar surface area (TPSA) is 66.6 Å². The lowest BCUT2D eigenvalue weighted by Gasteiger charge is -2.20. The van der Waals surface area contributed by atoms with E-state index in [0.29, 0.717) is 0 Å². The van der Waals surface area contributed by atoms with Crippen molar-refractivity contribution in [3.63, 3.8) is 0 Å². The van der Waals surface area contributed by atoms with E-state index in [9.17, 15) is 13.6 Å². The van der Waals surface area contributed by atoms with Crippen molar-refractivity contribution in [1.29, 1.82) is 0 Å². The summed E-state index contributed by atoms with van der Waals surface area (Å²) in [6, 6.07) is 2.24. The molecule has 0 aliphatic carbocycles. The Labute approximate surface area is 97.6 Å². The molecule has 0 saturated carbocycles. The van der Waals surface area contributed by atoms with E-state index in [1.54, 1.807) is 7.05 Å². The molecule has 1 aromatic carbocycles. The van der Waals surface area contributed by atoms with E-state index in [-0.39, 0.29) is 18.7 Å². The van der Waals surface area contributed by atoms with Crippen LogP contribution in [0.15, 0.2) is 18.2 Å². The third-order valence-electron chi connectivity index (χ3n) is 2.41. The minimum absolute atomic E-state index is 0.183. The van der Waals surface area contributed by atoms with Crippen molar-refractivity contribution in [2.24, 2.45) is 5.73 Å². The summed E-state index contributed by atoms with van der Waals surface area (Å²) >= 11 is 0. The summed E-state index contributed by atoms with van der Waals surface area (Å²) in [6.45, 7) is 0.274. The van der Waals surface area contributed by atoms with Crippen LogP contribution < -0.4 is 10.6 Å². The molecule has 0 spiro atoms. The molecular formula is C11H14F2N2O2. The summed E-state index contributed by atoms with van der Waals surface area (Å²) < 4.78 is 26.0. The van der Waals surface area contributed by atoms with Gasteiger partial charge in [-0.15, -0.1) is 0 Å². The first kappa shape index (κ1) is 13.4. The van der Waals surface area contributed by atoms with Gasteiger partial charge in [-0.2, -0.15) is 0 Å². The fraction of sp³-hybridized carbons (Fsp3) is 0.364. The zero-order valence-corrected chi connectivity index (χ0v) is 9.36. The SMILES string of the molecule is CN(CCC(N)C(=O)O)c1ccc(F)cc1F. The van der Waals surface area contributed by atoms with Gasteiger partial charge in [0.25, 0.3) is 0 Å². The molecule has 0 bridgehead atoms. The largest absolute Gasteiger partial charge is 0.480 e. The average molecular weight is 244 g/mol. The van der Waals surface area contributed by atoms with Gasteiger partial charge < -0.3 is 15.7 Å². The van der Waals surface area contributed by atoms with Gasteiger partial charge in [-0.3, -0.25) is 4.79 Å². The van der Waals surface area contributed by atoms with Crippen molar-refractivity contribution in [2.75, 3.05) is 18.5 Å². The highest BCUT2D eigenvalue weighted by Crippen LogP contribution is 2.19. The number of anilines is 1. The summed E-state index contributed by atoms with van der Waals surface area (Å²) in [5.74, 6) is -2.43. The van der Waals surface area contributed by atoms with Gasteiger partial charge in [0.1, 0.15) is 17.7 Å². The van der Waals surface area contributed by atoms with E-state index in [1.807, 2.05) is 0 Å². The number of carboxylic acid groups (broad SMARTS) is 1. The van der Waals surface area contributed by atoms with Crippen LogP contribution in [0, 0.1) is 11.6 Å². The van der Waals surface area contributed by atoms with Crippen molar-refractivity contribution >= 4 is 11.7 Å². The molecule has 1 aromatic rings. The van der Waals surface area contributed by atoms with Crippen LogP contribution in [-0.4, -0.2) is 30.7 Å². The molecule has 1 rings (SSSR count). The molecule has 1 unspecified atom stereocenters.